The highest BCUT2D eigenvalue weighted by Gasteiger charge is 2.27. The number of nitrogens with zero attached hydrogens (tertiary/aromatic N) is 4. The molecule has 0 bridgehead atoms. The van der Waals surface area contributed by atoms with Gasteiger partial charge in [-0.3, -0.25) is 38.8 Å². The Bertz CT molecular complexity index is 587. The van der Waals surface area contributed by atoms with Crippen LogP contribution in [0.25, 0.3) is 0 Å². The van der Waals surface area contributed by atoms with Gasteiger partial charge in [0.1, 0.15) is 6.04 Å². The fourth-order valence-corrected chi connectivity index (χ4v) is 3.50. The first-order valence-electron chi connectivity index (χ1n) is 10.0. The predicted octanol–water partition coefficient (Wildman–Crippen LogP) is -2.70. The van der Waals surface area contributed by atoms with E-state index in [9.17, 15) is 39.6 Å². The van der Waals surface area contributed by atoms with Crippen LogP contribution in [0.3, 0.4) is 0 Å². The molecule has 0 spiro atoms. The summed E-state index contributed by atoms with van der Waals surface area (Å²) in [4.78, 5) is 51.8. The van der Waals surface area contributed by atoms with Gasteiger partial charge in [0, 0.05) is 59.0 Å². The zero-order valence-electron chi connectivity index (χ0n) is 17.4. The van der Waals surface area contributed by atoms with E-state index in [4.69, 9.17) is 5.11 Å². The molecule has 0 amide bonds. The smallest absolute Gasteiger partial charge is 0.321 e. The van der Waals surface area contributed by atoms with Gasteiger partial charge in [-0.15, -0.1) is 0 Å². The van der Waals surface area contributed by atoms with Gasteiger partial charge in [-0.05, 0) is 6.42 Å². The highest BCUT2D eigenvalue weighted by molar-refractivity contribution is 5.73. The fourth-order valence-electron chi connectivity index (χ4n) is 3.50. The summed E-state index contributed by atoms with van der Waals surface area (Å²) in [5.74, 6) is -4.27. The lowest BCUT2D eigenvalue weighted by Crippen LogP contribution is -2.52. The van der Waals surface area contributed by atoms with Gasteiger partial charge < -0.3 is 25.5 Å². The summed E-state index contributed by atoms with van der Waals surface area (Å²) in [6, 6.07) is -0.991. The van der Waals surface area contributed by atoms with Crippen LogP contribution < -0.4 is 0 Å². The van der Waals surface area contributed by atoms with Gasteiger partial charge in [0.15, 0.2) is 0 Å². The molecule has 1 fully saturated rings. The maximum Gasteiger partial charge on any atom is 0.321 e. The lowest BCUT2D eigenvalue weighted by molar-refractivity contribution is -0.145. The van der Waals surface area contributed by atoms with E-state index < -0.39 is 29.9 Å². The Morgan fingerprint density at radius 3 is 1.19 bits per heavy atom. The van der Waals surface area contributed by atoms with Crippen molar-refractivity contribution in [2.24, 2.45) is 0 Å². The Hall–Kier alpha value is -2.32. The molecule has 1 unspecified atom stereocenters. The largest absolute Gasteiger partial charge is 0.480 e. The molecular formula is C18H32N4O9. The average Bonchev–Trinajstić information content (AvgIpc) is 2.65. The number of aliphatic hydroxyl groups is 1. The van der Waals surface area contributed by atoms with Crippen molar-refractivity contribution >= 4 is 23.9 Å². The molecule has 0 aromatic carbocycles. The Balaban J connectivity index is 3.06. The third-order valence-corrected chi connectivity index (χ3v) is 5.08. The fraction of sp³-hybridized carbons (Fsp3) is 0.778. The second kappa shape index (κ2) is 13.9. The third-order valence-electron chi connectivity index (χ3n) is 5.08. The zero-order valence-corrected chi connectivity index (χ0v) is 17.4. The van der Waals surface area contributed by atoms with E-state index in [1.165, 1.54) is 0 Å². The summed E-state index contributed by atoms with van der Waals surface area (Å²) < 4.78 is 0. The Morgan fingerprint density at radius 2 is 0.935 bits per heavy atom. The maximum atomic E-state index is 11.7. The van der Waals surface area contributed by atoms with Crippen molar-refractivity contribution < 1.29 is 44.7 Å². The van der Waals surface area contributed by atoms with Gasteiger partial charge in [-0.25, -0.2) is 0 Å². The van der Waals surface area contributed by atoms with Crippen molar-refractivity contribution in [3.63, 3.8) is 0 Å². The third kappa shape index (κ3) is 11.0. The van der Waals surface area contributed by atoms with Crippen molar-refractivity contribution in [1.82, 2.24) is 19.6 Å². The Kier molecular flexibility index (Phi) is 12.0. The second-order valence-corrected chi connectivity index (χ2v) is 7.41. The number of rotatable bonds is 10. The highest BCUT2D eigenvalue weighted by Crippen LogP contribution is 2.08. The molecular weight excluding hydrogens is 416 g/mol. The van der Waals surface area contributed by atoms with E-state index in [1.807, 2.05) is 0 Å². The first-order chi connectivity index (χ1) is 14.6. The first-order valence-corrected chi connectivity index (χ1v) is 10.0. The van der Waals surface area contributed by atoms with Crippen LogP contribution in [0.5, 0.6) is 0 Å². The van der Waals surface area contributed by atoms with Crippen LogP contribution in [-0.4, -0.2) is 154 Å². The van der Waals surface area contributed by atoms with E-state index in [0.717, 1.165) is 0 Å². The zero-order chi connectivity index (χ0) is 23.4. The van der Waals surface area contributed by atoms with Gasteiger partial charge in [0.2, 0.25) is 0 Å². The number of carbonyl (C=O) groups is 4. The van der Waals surface area contributed by atoms with Crippen molar-refractivity contribution in [2.45, 2.75) is 12.5 Å². The van der Waals surface area contributed by atoms with Crippen molar-refractivity contribution in [3.8, 4) is 0 Å². The normalized spacial score (nSPS) is 19.8. The highest BCUT2D eigenvalue weighted by atomic mass is 16.4. The summed E-state index contributed by atoms with van der Waals surface area (Å²) in [5, 5.41) is 46.3. The molecule has 1 aliphatic heterocycles. The summed E-state index contributed by atoms with van der Waals surface area (Å²) >= 11 is 0. The summed E-state index contributed by atoms with van der Waals surface area (Å²) in [7, 11) is 0. The lowest BCUT2D eigenvalue weighted by atomic mass is 10.1. The molecule has 178 valence electrons. The molecule has 13 nitrogen and oxygen atoms in total. The van der Waals surface area contributed by atoms with Crippen molar-refractivity contribution in [3.05, 3.63) is 0 Å². The molecule has 1 heterocycles. The first kappa shape index (κ1) is 26.7. The van der Waals surface area contributed by atoms with E-state index in [0.29, 0.717) is 0 Å². The van der Waals surface area contributed by atoms with E-state index in [2.05, 4.69) is 0 Å². The average molecular weight is 448 g/mol. The molecule has 5 N–H and O–H groups in total. The molecule has 13 heteroatoms. The molecule has 0 aliphatic carbocycles. The van der Waals surface area contributed by atoms with Crippen LogP contribution in [-0.2, 0) is 19.2 Å². The quantitative estimate of drug-likeness (QED) is 0.233. The number of hydrogen-bond donors (Lipinski definition) is 5. The molecule has 1 saturated heterocycles. The van der Waals surface area contributed by atoms with Crippen LogP contribution in [0.15, 0.2) is 0 Å². The molecule has 1 atom stereocenters. The molecule has 0 aromatic rings. The van der Waals surface area contributed by atoms with Crippen molar-refractivity contribution in [1.29, 1.82) is 0 Å². The molecule has 1 rings (SSSR count). The van der Waals surface area contributed by atoms with Gasteiger partial charge >= 0.3 is 23.9 Å². The molecule has 31 heavy (non-hydrogen) atoms. The monoisotopic (exact) mass is 448 g/mol. The summed E-state index contributed by atoms with van der Waals surface area (Å²) in [6.07, 6.45) is -0.0143. The minimum atomic E-state index is -1.12. The summed E-state index contributed by atoms with van der Waals surface area (Å²) in [5.41, 5.74) is 0. The molecule has 1 aliphatic rings. The standard InChI is InChI=1S/C18H32N4O9/c23-10-1-14(18(30)31)22-8-6-20(12-16(26)27)4-2-19(11-15(24)25)3-5-21(7-9-22)13-17(28)29/h14,23H,1-13H2,(H,24,25)(H,26,27)(H,28,29)(H,30,31). The lowest BCUT2D eigenvalue weighted by Gasteiger charge is -2.35. The van der Waals surface area contributed by atoms with Gasteiger partial charge in [0.25, 0.3) is 0 Å². The number of hydrogen-bond acceptors (Lipinski definition) is 9. The van der Waals surface area contributed by atoms with E-state index in [-0.39, 0.29) is 85.0 Å². The molecule has 0 saturated carbocycles. The predicted molar refractivity (Wildman–Crippen MR) is 107 cm³/mol. The van der Waals surface area contributed by atoms with Gasteiger partial charge in [0.05, 0.1) is 19.6 Å². The second-order valence-electron chi connectivity index (χ2n) is 7.41. The number of carboxylic acid groups (broad SMARTS) is 4. The maximum absolute atomic E-state index is 11.7. The minimum Gasteiger partial charge on any atom is -0.480 e. The van der Waals surface area contributed by atoms with Gasteiger partial charge in [-0.2, -0.15) is 0 Å². The van der Waals surface area contributed by atoms with Crippen LogP contribution in [0.2, 0.25) is 0 Å². The number of carboxylic acids is 4. The number of aliphatic carboxylic acids is 4. The van der Waals surface area contributed by atoms with E-state index in [1.54, 1.807) is 19.6 Å². The Labute approximate surface area is 180 Å². The van der Waals surface area contributed by atoms with Crippen molar-refractivity contribution in [2.75, 3.05) is 78.6 Å². The summed E-state index contributed by atoms with van der Waals surface area (Å²) in [6.45, 7) is 0.722. The Morgan fingerprint density at radius 1 is 0.613 bits per heavy atom. The molecule has 0 radical (unpaired) electrons. The minimum absolute atomic E-state index is 0.0143. The molecule has 0 aromatic heterocycles. The van der Waals surface area contributed by atoms with Gasteiger partial charge in [-0.1, -0.05) is 0 Å². The van der Waals surface area contributed by atoms with Crippen LogP contribution in [0.4, 0.5) is 0 Å². The SMILES string of the molecule is O=C(O)CN1CCN(CC(=O)O)CCN(C(CCO)C(=O)O)CCN(CC(=O)O)CC1. The topological polar surface area (TPSA) is 182 Å². The van der Waals surface area contributed by atoms with Crippen LogP contribution >= 0.6 is 0 Å². The number of aliphatic hydroxyl groups excluding tert-OH is 1. The van der Waals surface area contributed by atoms with E-state index >= 15 is 0 Å². The van der Waals surface area contributed by atoms with Crippen LogP contribution in [0, 0.1) is 0 Å². The van der Waals surface area contributed by atoms with Crippen LogP contribution in [0.1, 0.15) is 6.42 Å².